The minimum Gasteiger partial charge on any atom is -0.0844 e. The van der Waals surface area contributed by atoms with Crippen molar-refractivity contribution in [2.75, 3.05) is 0 Å². The SMILES string of the molecule is CC(C)C1CC=C2C[C@@H](I)CC[C@]2(C)C1C(C)C. The summed E-state index contributed by atoms with van der Waals surface area (Å²) in [6, 6.07) is 0. The summed E-state index contributed by atoms with van der Waals surface area (Å²) in [6.45, 7) is 12.3. The van der Waals surface area contributed by atoms with E-state index in [4.69, 9.17) is 0 Å². The number of alkyl halides is 1. The number of hydrogen-bond acceptors (Lipinski definition) is 0. The second-order valence-electron chi connectivity index (χ2n) is 7.40. The van der Waals surface area contributed by atoms with Crippen molar-refractivity contribution in [3.8, 4) is 0 Å². The molecule has 0 aromatic rings. The molecule has 0 nitrogen and oxygen atoms in total. The highest BCUT2D eigenvalue weighted by molar-refractivity contribution is 14.1. The van der Waals surface area contributed by atoms with E-state index in [1.807, 2.05) is 0 Å². The van der Waals surface area contributed by atoms with Crippen molar-refractivity contribution in [1.29, 1.82) is 0 Å². The third-order valence-electron chi connectivity index (χ3n) is 5.56. The monoisotopic (exact) mass is 360 g/mol. The number of halogens is 1. The molecule has 0 heterocycles. The zero-order valence-electron chi connectivity index (χ0n) is 12.7. The van der Waals surface area contributed by atoms with Gasteiger partial charge in [0.15, 0.2) is 0 Å². The average molecular weight is 360 g/mol. The van der Waals surface area contributed by atoms with Gasteiger partial charge in [0.1, 0.15) is 0 Å². The normalized spacial score (nSPS) is 40.9. The second kappa shape index (κ2) is 5.46. The fourth-order valence-electron chi connectivity index (χ4n) is 4.70. The highest BCUT2D eigenvalue weighted by Crippen LogP contribution is 2.57. The van der Waals surface area contributed by atoms with Crippen LogP contribution in [0.1, 0.15) is 60.3 Å². The number of allylic oxidation sites excluding steroid dienone is 2. The van der Waals surface area contributed by atoms with Crippen LogP contribution in [-0.2, 0) is 0 Å². The van der Waals surface area contributed by atoms with Crippen molar-refractivity contribution < 1.29 is 0 Å². The first kappa shape index (κ1) is 14.9. The molecule has 4 atom stereocenters. The molecule has 2 unspecified atom stereocenters. The van der Waals surface area contributed by atoms with E-state index in [2.05, 4.69) is 63.3 Å². The molecule has 0 aromatic heterocycles. The number of fused-ring (bicyclic) bond motifs is 1. The zero-order chi connectivity index (χ0) is 13.5. The van der Waals surface area contributed by atoms with E-state index in [1.165, 1.54) is 25.7 Å². The van der Waals surface area contributed by atoms with E-state index in [0.717, 1.165) is 27.6 Å². The van der Waals surface area contributed by atoms with Crippen LogP contribution in [0.25, 0.3) is 0 Å². The molecule has 0 bridgehead atoms. The Morgan fingerprint density at radius 3 is 2.44 bits per heavy atom. The summed E-state index contributed by atoms with van der Waals surface area (Å²) in [5.41, 5.74) is 2.30. The number of hydrogen-bond donors (Lipinski definition) is 0. The smallest absolute Gasteiger partial charge is 0.0147 e. The Morgan fingerprint density at radius 1 is 1.22 bits per heavy atom. The third kappa shape index (κ3) is 2.53. The molecule has 1 heteroatoms. The summed E-state index contributed by atoms with van der Waals surface area (Å²) in [5, 5.41) is 0. The predicted molar refractivity (Wildman–Crippen MR) is 89.1 cm³/mol. The molecular weight excluding hydrogens is 331 g/mol. The lowest BCUT2D eigenvalue weighted by atomic mass is 9.52. The predicted octanol–water partition coefficient (Wildman–Crippen LogP) is 5.85. The molecule has 0 N–H and O–H groups in total. The Balaban J connectivity index is 2.35. The highest BCUT2D eigenvalue weighted by Gasteiger charge is 2.48. The van der Waals surface area contributed by atoms with Crippen LogP contribution in [-0.4, -0.2) is 3.92 Å². The van der Waals surface area contributed by atoms with Gasteiger partial charge in [-0.1, -0.05) is 68.9 Å². The summed E-state index contributed by atoms with van der Waals surface area (Å²) < 4.78 is 0.880. The van der Waals surface area contributed by atoms with Crippen LogP contribution < -0.4 is 0 Å². The van der Waals surface area contributed by atoms with Crippen LogP contribution in [0.3, 0.4) is 0 Å². The van der Waals surface area contributed by atoms with E-state index >= 15 is 0 Å². The molecular formula is C17H29I. The van der Waals surface area contributed by atoms with Gasteiger partial charge in [0.2, 0.25) is 0 Å². The van der Waals surface area contributed by atoms with E-state index < -0.39 is 0 Å². The van der Waals surface area contributed by atoms with Gasteiger partial charge in [-0.15, -0.1) is 0 Å². The lowest BCUT2D eigenvalue weighted by molar-refractivity contribution is 0.0462. The molecule has 0 saturated heterocycles. The standard InChI is InChI=1S/C17H29I/c1-11(2)15-7-6-13-10-14(18)8-9-17(13,5)16(15)12(3)4/h6,11-12,14-16H,7-10H2,1-5H3/t14-,15?,16?,17-/m0/s1. The first-order valence-electron chi connectivity index (χ1n) is 7.70. The summed E-state index contributed by atoms with van der Waals surface area (Å²) in [6.07, 6.45) is 8.13. The topological polar surface area (TPSA) is 0 Å². The van der Waals surface area contributed by atoms with Gasteiger partial charge in [0.25, 0.3) is 0 Å². The fourth-order valence-corrected chi connectivity index (χ4v) is 5.49. The molecule has 1 fully saturated rings. The van der Waals surface area contributed by atoms with Crippen molar-refractivity contribution in [2.45, 2.75) is 64.2 Å². The van der Waals surface area contributed by atoms with Crippen molar-refractivity contribution in [3.05, 3.63) is 11.6 Å². The van der Waals surface area contributed by atoms with E-state index in [0.29, 0.717) is 5.41 Å². The van der Waals surface area contributed by atoms with Crippen LogP contribution in [0.5, 0.6) is 0 Å². The lowest BCUT2D eigenvalue weighted by Gasteiger charge is -2.53. The Bertz CT molecular complexity index is 329. The van der Waals surface area contributed by atoms with E-state index in [-0.39, 0.29) is 0 Å². The van der Waals surface area contributed by atoms with Crippen LogP contribution in [0.2, 0.25) is 0 Å². The minimum absolute atomic E-state index is 0.503. The first-order chi connectivity index (χ1) is 8.36. The molecule has 2 aliphatic rings. The maximum absolute atomic E-state index is 2.65. The van der Waals surface area contributed by atoms with Crippen LogP contribution >= 0.6 is 22.6 Å². The second-order valence-corrected chi connectivity index (χ2v) is 9.16. The van der Waals surface area contributed by atoms with Crippen LogP contribution in [0, 0.1) is 29.1 Å². The Hall–Kier alpha value is 0.470. The van der Waals surface area contributed by atoms with Gasteiger partial charge < -0.3 is 0 Å². The van der Waals surface area contributed by atoms with Gasteiger partial charge in [0, 0.05) is 3.92 Å². The van der Waals surface area contributed by atoms with Gasteiger partial charge in [-0.25, -0.2) is 0 Å². The summed E-state index contributed by atoms with van der Waals surface area (Å²) in [7, 11) is 0. The molecule has 104 valence electrons. The van der Waals surface area contributed by atoms with Crippen LogP contribution in [0.15, 0.2) is 11.6 Å². The molecule has 18 heavy (non-hydrogen) atoms. The van der Waals surface area contributed by atoms with Crippen molar-refractivity contribution in [1.82, 2.24) is 0 Å². The van der Waals surface area contributed by atoms with Crippen molar-refractivity contribution in [2.24, 2.45) is 29.1 Å². The molecule has 1 saturated carbocycles. The van der Waals surface area contributed by atoms with Gasteiger partial charge in [-0.3, -0.25) is 0 Å². The summed E-state index contributed by atoms with van der Waals surface area (Å²) >= 11 is 2.65. The molecule has 0 aliphatic heterocycles. The largest absolute Gasteiger partial charge is 0.0844 e. The van der Waals surface area contributed by atoms with Crippen molar-refractivity contribution >= 4 is 22.6 Å². The number of rotatable bonds is 2. The summed E-state index contributed by atoms with van der Waals surface area (Å²) in [5.74, 6) is 3.42. The van der Waals surface area contributed by atoms with E-state index in [9.17, 15) is 0 Å². The Labute approximate surface area is 127 Å². The highest BCUT2D eigenvalue weighted by atomic mass is 127. The lowest BCUT2D eigenvalue weighted by Crippen LogP contribution is -2.45. The van der Waals surface area contributed by atoms with Gasteiger partial charge in [-0.2, -0.15) is 0 Å². The maximum atomic E-state index is 2.65. The van der Waals surface area contributed by atoms with Gasteiger partial charge in [-0.05, 0) is 54.8 Å². The quantitative estimate of drug-likeness (QED) is 0.329. The third-order valence-corrected chi connectivity index (χ3v) is 6.62. The average Bonchev–Trinajstić information content (AvgIpc) is 2.27. The Kier molecular flexibility index (Phi) is 4.51. The van der Waals surface area contributed by atoms with E-state index in [1.54, 1.807) is 5.57 Å². The van der Waals surface area contributed by atoms with Crippen LogP contribution in [0.4, 0.5) is 0 Å². The first-order valence-corrected chi connectivity index (χ1v) is 8.94. The molecule has 0 amide bonds. The molecule has 2 aliphatic carbocycles. The fraction of sp³-hybridized carbons (Fsp3) is 0.882. The van der Waals surface area contributed by atoms with Crippen molar-refractivity contribution in [3.63, 3.8) is 0 Å². The van der Waals surface area contributed by atoms with Gasteiger partial charge >= 0.3 is 0 Å². The maximum Gasteiger partial charge on any atom is 0.0147 e. The minimum atomic E-state index is 0.503. The molecule has 0 spiro atoms. The summed E-state index contributed by atoms with van der Waals surface area (Å²) in [4.78, 5) is 0. The van der Waals surface area contributed by atoms with Gasteiger partial charge in [0.05, 0.1) is 0 Å². The molecule has 2 rings (SSSR count). The molecule has 0 radical (unpaired) electrons. The Morgan fingerprint density at radius 2 is 1.89 bits per heavy atom. The molecule has 0 aromatic carbocycles. The zero-order valence-corrected chi connectivity index (χ0v) is 14.8.